The summed E-state index contributed by atoms with van der Waals surface area (Å²) in [5, 5.41) is 3.45. The molecular weight excluding hydrogens is 390 g/mol. The predicted molar refractivity (Wildman–Crippen MR) is 102 cm³/mol. The van der Waals surface area contributed by atoms with Crippen molar-refractivity contribution in [2.45, 2.75) is 32.7 Å². The molecule has 2 rings (SSSR count). The summed E-state index contributed by atoms with van der Waals surface area (Å²) in [6, 6.07) is 13.4. The Balaban J connectivity index is 1.86. The summed E-state index contributed by atoms with van der Waals surface area (Å²) in [5.74, 6) is 0.969. The molecule has 0 heterocycles. The second kappa shape index (κ2) is 9.09. The van der Waals surface area contributed by atoms with E-state index in [2.05, 4.69) is 35.1 Å². The van der Waals surface area contributed by atoms with Crippen LogP contribution >= 0.6 is 27.5 Å². The Hall–Kier alpha value is -1.52. The second-order valence-electron chi connectivity index (χ2n) is 5.66. The molecule has 0 saturated heterocycles. The molecule has 0 aliphatic rings. The van der Waals surface area contributed by atoms with E-state index < -0.39 is 0 Å². The number of rotatable bonds is 7. The largest absolute Gasteiger partial charge is 0.483 e. The van der Waals surface area contributed by atoms with Gasteiger partial charge in [-0.3, -0.25) is 4.79 Å². The lowest BCUT2D eigenvalue weighted by molar-refractivity contribution is -0.123. The van der Waals surface area contributed by atoms with Gasteiger partial charge < -0.3 is 10.1 Å². The van der Waals surface area contributed by atoms with Crippen molar-refractivity contribution in [3.63, 3.8) is 0 Å². The van der Waals surface area contributed by atoms with Crippen molar-refractivity contribution in [1.82, 2.24) is 5.32 Å². The molecule has 24 heavy (non-hydrogen) atoms. The summed E-state index contributed by atoms with van der Waals surface area (Å²) in [5.41, 5.74) is 2.13. The highest BCUT2D eigenvalue weighted by atomic mass is 79.9. The van der Waals surface area contributed by atoms with Gasteiger partial charge in [0.15, 0.2) is 6.61 Å². The van der Waals surface area contributed by atoms with Gasteiger partial charge in [-0.2, -0.15) is 0 Å². The number of carbonyl (C=O) groups excluding carboxylic acids is 1. The van der Waals surface area contributed by atoms with Crippen molar-refractivity contribution in [1.29, 1.82) is 0 Å². The van der Waals surface area contributed by atoms with E-state index in [0.29, 0.717) is 23.2 Å². The maximum Gasteiger partial charge on any atom is 0.258 e. The highest BCUT2D eigenvalue weighted by Crippen LogP contribution is 2.30. The van der Waals surface area contributed by atoms with Crippen molar-refractivity contribution < 1.29 is 9.53 Å². The molecule has 1 atom stereocenters. The SMILES string of the molecule is CCC(C)c1ccc(OCC(=O)NCc2ccccc2Cl)c(Br)c1. The molecule has 0 radical (unpaired) electrons. The number of carbonyl (C=O) groups is 1. The van der Waals surface area contributed by atoms with Crippen LogP contribution in [0.2, 0.25) is 5.02 Å². The van der Waals surface area contributed by atoms with Crippen LogP contribution in [0, 0.1) is 0 Å². The van der Waals surface area contributed by atoms with Gasteiger partial charge in [0.05, 0.1) is 4.47 Å². The molecule has 128 valence electrons. The molecule has 1 amide bonds. The van der Waals surface area contributed by atoms with Gasteiger partial charge in [0, 0.05) is 11.6 Å². The maximum atomic E-state index is 11.9. The Labute approximate surface area is 156 Å². The van der Waals surface area contributed by atoms with Gasteiger partial charge in [0.2, 0.25) is 0 Å². The number of hydrogen-bond donors (Lipinski definition) is 1. The van der Waals surface area contributed by atoms with E-state index in [0.717, 1.165) is 16.5 Å². The minimum Gasteiger partial charge on any atom is -0.483 e. The zero-order valence-electron chi connectivity index (χ0n) is 13.8. The van der Waals surface area contributed by atoms with Crippen LogP contribution in [0.1, 0.15) is 37.3 Å². The lowest BCUT2D eigenvalue weighted by Crippen LogP contribution is -2.28. The number of benzene rings is 2. The molecule has 0 saturated carbocycles. The molecule has 0 fully saturated rings. The summed E-state index contributed by atoms with van der Waals surface area (Å²) >= 11 is 9.57. The van der Waals surface area contributed by atoms with Crippen LogP contribution in [-0.2, 0) is 11.3 Å². The average molecular weight is 411 g/mol. The molecule has 5 heteroatoms. The lowest BCUT2D eigenvalue weighted by Gasteiger charge is -2.13. The number of hydrogen-bond acceptors (Lipinski definition) is 2. The van der Waals surface area contributed by atoms with Gasteiger partial charge >= 0.3 is 0 Å². The van der Waals surface area contributed by atoms with Crippen molar-refractivity contribution in [2.24, 2.45) is 0 Å². The Morgan fingerprint density at radius 2 is 2.04 bits per heavy atom. The van der Waals surface area contributed by atoms with Gasteiger partial charge in [-0.1, -0.05) is 49.7 Å². The fourth-order valence-corrected chi connectivity index (χ4v) is 2.92. The zero-order chi connectivity index (χ0) is 17.5. The van der Waals surface area contributed by atoms with Crippen LogP contribution in [0.15, 0.2) is 46.9 Å². The summed E-state index contributed by atoms with van der Waals surface area (Å²) in [4.78, 5) is 11.9. The highest BCUT2D eigenvalue weighted by molar-refractivity contribution is 9.10. The van der Waals surface area contributed by atoms with Crippen LogP contribution in [0.3, 0.4) is 0 Å². The van der Waals surface area contributed by atoms with Crippen LogP contribution in [-0.4, -0.2) is 12.5 Å². The number of nitrogens with one attached hydrogen (secondary N) is 1. The third kappa shape index (κ3) is 5.25. The maximum absolute atomic E-state index is 11.9. The van der Waals surface area contributed by atoms with Gasteiger partial charge in [-0.05, 0) is 57.6 Å². The number of amides is 1. The van der Waals surface area contributed by atoms with Gasteiger partial charge in [0.1, 0.15) is 5.75 Å². The Morgan fingerprint density at radius 1 is 1.29 bits per heavy atom. The van der Waals surface area contributed by atoms with E-state index in [9.17, 15) is 4.79 Å². The van der Waals surface area contributed by atoms with Crippen LogP contribution in [0.25, 0.3) is 0 Å². The topological polar surface area (TPSA) is 38.3 Å². The van der Waals surface area contributed by atoms with E-state index in [1.807, 2.05) is 36.4 Å². The average Bonchev–Trinajstić information content (AvgIpc) is 2.59. The van der Waals surface area contributed by atoms with Gasteiger partial charge in [-0.25, -0.2) is 0 Å². The summed E-state index contributed by atoms with van der Waals surface area (Å²) in [7, 11) is 0. The van der Waals surface area contributed by atoms with E-state index in [1.54, 1.807) is 6.07 Å². The Kier molecular flexibility index (Phi) is 7.13. The summed E-state index contributed by atoms with van der Waals surface area (Å²) in [6.07, 6.45) is 1.08. The fourth-order valence-electron chi connectivity index (χ4n) is 2.21. The first-order valence-electron chi connectivity index (χ1n) is 7.93. The fraction of sp³-hybridized carbons (Fsp3) is 0.316. The van der Waals surface area contributed by atoms with Crippen LogP contribution in [0.4, 0.5) is 0 Å². The summed E-state index contributed by atoms with van der Waals surface area (Å²) in [6.45, 7) is 4.69. The normalized spacial score (nSPS) is 11.8. The minimum absolute atomic E-state index is 0.0360. The van der Waals surface area contributed by atoms with Crippen LogP contribution in [0.5, 0.6) is 5.75 Å². The first-order chi connectivity index (χ1) is 11.5. The Morgan fingerprint density at radius 3 is 2.71 bits per heavy atom. The van der Waals surface area contributed by atoms with Gasteiger partial charge in [0.25, 0.3) is 5.91 Å². The molecule has 0 spiro atoms. The Bertz CT molecular complexity index is 706. The smallest absolute Gasteiger partial charge is 0.258 e. The molecular formula is C19H21BrClNO2. The van der Waals surface area contributed by atoms with Crippen molar-refractivity contribution >= 4 is 33.4 Å². The monoisotopic (exact) mass is 409 g/mol. The first kappa shape index (κ1) is 18.8. The molecule has 0 aliphatic carbocycles. The first-order valence-corrected chi connectivity index (χ1v) is 9.10. The van der Waals surface area contributed by atoms with E-state index in [4.69, 9.17) is 16.3 Å². The lowest BCUT2D eigenvalue weighted by atomic mass is 9.99. The molecule has 0 aliphatic heterocycles. The second-order valence-corrected chi connectivity index (χ2v) is 6.92. The molecule has 2 aromatic carbocycles. The van der Waals surface area contributed by atoms with Crippen molar-refractivity contribution in [2.75, 3.05) is 6.61 Å². The molecule has 1 unspecified atom stereocenters. The molecule has 3 nitrogen and oxygen atoms in total. The zero-order valence-corrected chi connectivity index (χ0v) is 16.2. The summed E-state index contributed by atoms with van der Waals surface area (Å²) < 4.78 is 6.45. The number of ether oxygens (including phenoxy) is 1. The third-order valence-corrected chi connectivity index (χ3v) is 4.92. The number of halogens is 2. The van der Waals surface area contributed by atoms with Crippen LogP contribution < -0.4 is 10.1 Å². The minimum atomic E-state index is -0.187. The van der Waals surface area contributed by atoms with E-state index in [1.165, 1.54) is 5.56 Å². The van der Waals surface area contributed by atoms with E-state index >= 15 is 0 Å². The van der Waals surface area contributed by atoms with E-state index in [-0.39, 0.29) is 12.5 Å². The molecule has 0 bridgehead atoms. The third-order valence-electron chi connectivity index (χ3n) is 3.93. The van der Waals surface area contributed by atoms with Crippen molar-refractivity contribution in [3.05, 3.63) is 63.1 Å². The van der Waals surface area contributed by atoms with Crippen molar-refractivity contribution in [3.8, 4) is 5.75 Å². The standard InChI is InChI=1S/C19H21BrClNO2/c1-3-13(2)14-8-9-18(16(20)10-14)24-12-19(23)22-11-15-6-4-5-7-17(15)21/h4-10,13H,3,11-12H2,1-2H3,(H,22,23). The predicted octanol–water partition coefficient (Wildman–Crippen LogP) is 5.31. The molecule has 0 aromatic heterocycles. The molecule has 1 N–H and O–H groups in total. The highest BCUT2D eigenvalue weighted by Gasteiger charge is 2.09. The quantitative estimate of drug-likeness (QED) is 0.671. The molecule has 2 aromatic rings. The van der Waals surface area contributed by atoms with Gasteiger partial charge in [-0.15, -0.1) is 0 Å².